The van der Waals surface area contributed by atoms with Crippen LogP contribution in [-0.2, 0) is 16.0 Å². The minimum Gasteiger partial charge on any atom is -0.383 e. The first-order valence-electron chi connectivity index (χ1n) is 9.55. The van der Waals surface area contributed by atoms with Gasteiger partial charge in [-0.25, -0.2) is 0 Å². The van der Waals surface area contributed by atoms with Gasteiger partial charge in [0.1, 0.15) is 0 Å². The number of methoxy groups -OCH3 is 1. The molecule has 0 aliphatic heterocycles. The second-order valence-corrected chi connectivity index (χ2v) is 7.76. The molecule has 0 fully saturated rings. The third kappa shape index (κ3) is 5.36. The normalized spacial score (nSPS) is 15.5. The molecule has 1 atom stereocenters. The number of hydrogen-bond acceptors (Lipinski definition) is 4. The Balaban J connectivity index is 1.64. The maximum Gasteiger partial charge on any atom is 0.252 e. The van der Waals surface area contributed by atoms with E-state index in [0.29, 0.717) is 18.7 Å². The Labute approximate surface area is 170 Å². The number of nitrogens with one attached hydrogen (secondary N) is 2. The third-order valence-corrected chi connectivity index (χ3v) is 5.87. The van der Waals surface area contributed by atoms with Crippen LogP contribution in [0.15, 0.2) is 53.4 Å². The summed E-state index contributed by atoms with van der Waals surface area (Å²) < 4.78 is 4.93. The smallest absolute Gasteiger partial charge is 0.252 e. The Kier molecular flexibility index (Phi) is 7.51. The van der Waals surface area contributed by atoms with Gasteiger partial charge in [0.05, 0.1) is 24.0 Å². The molecule has 0 saturated carbocycles. The number of aryl methyl sites for hydroxylation is 1. The molecule has 3 rings (SSSR count). The van der Waals surface area contributed by atoms with Crippen LogP contribution in [0.5, 0.6) is 0 Å². The van der Waals surface area contributed by atoms with E-state index in [0.717, 1.165) is 24.2 Å². The fraction of sp³-hybridized carbons (Fsp3) is 0.364. The fourth-order valence-corrected chi connectivity index (χ4v) is 4.29. The Morgan fingerprint density at radius 1 is 1.14 bits per heavy atom. The van der Waals surface area contributed by atoms with Crippen molar-refractivity contribution in [1.29, 1.82) is 0 Å². The highest BCUT2D eigenvalue weighted by Gasteiger charge is 2.23. The standard InChI is InChI=1S/C22H26N2O3S/c1-27-14-13-23-21(25)15-28-20-12-5-4-10-18(20)22(26)24-19-11-6-8-16-7-2-3-9-17(16)19/h2-5,7,9-10,12,19H,6,8,11,13-15H2,1H3,(H,23,25)(H,24,26)/t19-/m0/s1. The number of amides is 2. The SMILES string of the molecule is COCCNC(=O)CSc1ccccc1C(=O)N[C@H]1CCCc2ccccc21. The number of hydrogen-bond donors (Lipinski definition) is 2. The van der Waals surface area contributed by atoms with E-state index in [1.54, 1.807) is 7.11 Å². The molecule has 28 heavy (non-hydrogen) atoms. The molecule has 0 aromatic heterocycles. The van der Waals surface area contributed by atoms with Crippen LogP contribution >= 0.6 is 11.8 Å². The molecule has 1 aliphatic rings. The van der Waals surface area contributed by atoms with Gasteiger partial charge in [0.15, 0.2) is 0 Å². The lowest BCUT2D eigenvalue weighted by Crippen LogP contribution is -2.31. The monoisotopic (exact) mass is 398 g/mol. The van der Waals surface area contributed by atoms with Crippen molar-refractivity contribution in [3.05, 3.63) is 65.2 Å². The first kappa shape index (κ1) is 20.4. The summed E-state index contributed by atoms with van der Waals surface area (Å²) in [6.45, 7) is 0.970. The van der Waals surface area contributed by atoms with Gasteiger partial charge in [-0.3, -0.25) is 9.59 Å². The van der Waals surface area contributed by atoms with Crippen LogP contribution in [0.4, 0.5) is 0 Å². The second kappa shape index (κ2) is 10.3. The summed E-state index contributed by atoms with van der Waals surface area (Å²) in [5.41, 5.74) is 3.14. The van der Waals surface area contributed by atoms with Crippen LogP contribution < -0.4 is 10.6 Å². The van der Waals surface area contributed by atoms with Crippen LogP contribution in [0, 0.1) is 0 Å². The van der Waals surface area contributed by atoms with Crippen molar-refractivity contribution in [3.8, 4) is 0 Å². The lowest BCUT2D eigenvalue weighted by Gasteiger charge is -2.26. The number of carbonyl (C=O) groups is 2. The van der Waals surface area contributed by atoms with E-state index in [2.05, 4.69) is 22.8 Å². The third-order valence-electron chi connectivity index (χ3n) is 4.79. The van der Waals surface area contributed by atoms with Crippen molar-refractivity contribution in [2.75, 3.05) is 26.0 Å². The van der Waals surface area contributed by atoms with Crippen LogP contribution in [0.3, 0.4) is 0 Å². The molecule has 0 spiro atoms. The van der Waals surface area contributed by atoms with Crippen LogP contribution in [-0.4, -0.2) is 37.8 Å². The van der Waals surface area contributed by atoms with Crippen molar-refractivity contribution in [1.82, 2.24) is 10.6 Å². The van der Waals surface area contributed by atoms with Crippen LogP contribution in [0.2, 0.25) is 0 Å². The molecule has 1 aliphatic carbocycles. The van der Waals surface area contributed by atoms with Crippen molar-refractivity contribution >= 4 is 23.6 Å². The maximum absolute atomic E-state index is 13.0. The van der Waals surface area contributed by atoms with E-state index in [-0.39, 0.29) is 23.6 Å². The lowest BCUT2D eigenvalue weighted by atomic mass is 9.87. The van der Waals surface area contributed by atoms with Crippen molar-refractivity contribution in [2.45, 2.75) is 30.2 Å². The molecule has 0 saturated heterocycles. The van der Waals surface area contributed by atoms with Gasteiger partial charge in [0.25, 0.3) is 5.91 Å². The maximum atomic E-state index is 13.0. The summed E-state index contributed by atoms with van der Waals surface area (Å²) in [5.74, 6) is 0.100. The molecule has 5 nitrogen and oxygen atoms in total. The minimum absolute atomic E-state index is 0.0350. The fourth-order valence-electron chi connectivity index (χ4n) is 3.41. The number of carbonyl (C=O) groups excluding carboxylic acids is 2. The van der Waals surface area contributed by atoms with E-state index >= 15 is 0 Å². The van der Waals surface area contributed by atoms with Gasteiger partial charge in [-0.15, -0.1) is 11.8 Å². The second-order valence-electron chi connectivity index (χ2n) is 6.74. The van der Waals surface area contributed by atoms with Crippen LogP contribution in [0.1, 0.15) is 40.4 Å². The largest absolute Gasteiger partial charge is 0.383 e. The highest BCUT2D eigenvalue weighted by Crippen LogP contribution is 2.30. The Bertz CT molecular complexity index is 825. The quantitative estimate of drug-likeness (QED) is 0.529. The molecular weight excluding hydrogens is 372 g/mol. The number of benzene rings is 2. The molecule has 6 heteroatoms. The van der Waals surface area contributed by atoms with Gasteiger partial charge in [-0.2, -0.15) is 0 Å². The lowest BCUT2D eigenvalue weighted by molar-refractivity contribution is -0.118. The van der Waals surface area contributed by atoms with Crippen LogP contribution in [0.25, 0.3) is 0 Å². The molecule has 2 N–H and O–H groups in total. The summed E-state index contributed by atoms with van der Waals surface area (Å²) in [6, 6.07) is 15.8. The van der Waals surface area contributed by atoms with E-state index in [1.807, 2.05) is 36.4 Å². The highest BCUT2D eigenvalue weighted by molar-refractivity contribution is 8.00. The summed E-state index contributed by atoms with van der Waals surface area (Å²) in [5, 5.41) is 5.99. The topological polar surface area (TPSA) is 67.4 Å². The highest BCUT2D eigenvalue weighted by atomic mass is 32.2. The van der Waals surface area contributed by atoms with Gasteiger partial charge in [-0.1, -0.05) is 36.4 Å². The molecule has 0 unspecified atom stereocenters. The number of fused-ring (bicyclic) bond motifs is 1. The molecule has 2 aromatic carbocycles. The van der Waals surface area contributed by atoms with E-state index in [1.165, 1.54) is 22.9 Å². The van der Waals surface area contributed by atoms with Gasteiger partial charge in [-0.05, 0) is 42.5 Å². The van der Waals surface area contributed by atoms with Gasteiger partial charge >= 0.3 is 0 Å². The predicted molar refractivity (Wildman–Crippen MR) is 112 cm³/mol. The summed E-state index contributed by atoms with van der Waals surface area (Å²) in [7, 11) is 1.60. The summed E-state index contributed by atoms with van der Waals surface area (Å²) in [6.07, 6.45) is 3.08. The number of rotatable bonds is 8. The molecule has 0 heterocycles. The van der Waals surface area contributed by atoms with E-state index in [9.17, 15) is 9.59 Å². The molecule has 148 valence electrons. The molecule has 2 amide bonds. The molecule has 2 aromatic rings. The van der Waals surface area contributed by atoms with E-state index < -0.39 is 0 Å². The minimum atomic E-state index is -0.0930. The molecular formula is C22H26N2O3S. The Morgan fingerprint density at radius 2 is 1.93 bits per heavy atom. The zero-order valence-electron chi connectivity index (χ0n) is 16.1. The number of thioether (sulfide) groups is 1. The first-order chi connectivity index (χ1) is 13.7. The molecule has 0 bridgehead atoms. The van der Waals surface area contributed by atoms with Gasteiger partial charge in [0.2, 0.25) is 5.91 Å². The van der Waals surface area contributed by atoms with Gasteiger partial charge < -0.3 is 15.4 Å². The van der Waals surface area contributed by atoms with Crippen molar-refractivity contribution in [3.63, 3.8) is 0 Å². The van der Waals surface area contributed by atoms with Gasteiger partial charge in [0, 0.05) is 18.6 Å². The van der Waals surface area contributed by atoms with E-state index in [4.69, 9.17) is 4.74 Å². The Hall–Kier alpha value is -2.31. The summed E-state index contributed by atoms with van der Waals surface area (Å²) in [4.78, 5) is 25.7. The Morgan fingerprint density at radius 3 is 2.79 bits per heavy atom. The zero-order valence-corrected chi connectivity index (χ0v) is 16.9. The summed E-state index contributed by atoms with van der Waals surface area (Å²) >= 11 is 1.38. The van der Waals surface area contributed by atoms with Crippen molar-refractivity contribution < 1.29 is 14.3 Å². The van der Waals surface area contributed by atoms with Crippen molar-refractivity contribution in [2.24, 2.45) is 0 Å². The predicted octanol–water partition coefficient (Wildman–Crippen LogP) is 3.35. The number of ether oxygens (including phenoxy) is 1. The zero-order chi connectivity index (χ0) is 19.8. The first-order valence-corrected chi connectivity index (χ1v) is 10.5. The molecule has 0 radical (unpaired) electrons. The average Bonchev–Trinajstić information content (AvgIpc) is 2.73. The average molecular weight is 399 g/mol.